The molecule has 6 heteroatoms. The third-order valence-electron chi connectivity index (χ3n) is 4.44. The van der Waals surface area contributed by atoms with Gasteiger partial charge in [0, 0.05) is 24.6 Å². The molecule has 1 aromatic rings. The van der Waals surface area contributed by atoms with E-state index in [1.807, 2.05) is 13.0 Å². The lowest BCUT2D eigenvalue weighted by molar-refractivity contribution is 0.0347. The van der Waals surface area contributed by atoms with Gasteiger partial charge < -0.3 is 20.1 Å². The highest BCUT2D eigenvalue weighted by Gasteiger charge is 2.21. The summed E-state index contributed by atoms with van der Waals surface area (Å²) in [7, 11) is 0. The van der Waals surface area contributed by atoms with E-state index >= 15 is 0 Å². The van der Waals surface area contributed by atoms with E-state index in [1.165, 1.54) is 6.07 Å². The highest BCUT2D eigenvalue weighted by molar-refractivity contribution is 5.80. The van der Waals surface area contributed by atoms with Gasteiger partial charge >= 0.3 is 0 Å². The van der Waals surface area contributed by atoms with E-state index in [1.54, 1.807) is 12.1 Å². The third-order valence-corrected chi connectivity index (χ3v) is 4.44. The van der Waals surface area contributed by atoms with Crippen molar-refractivity contribution in [1.29, 1.82) is 0 Å². The molecule has 0 radical (unpaired) electrons. The number of guanidine groups is 1. The molecule has 146 valence electrons. The van der Waals surface area contributed by atoms with Crippen LogP contribution in [0.4, 0.5) is 4.39 Å². The molecule has 5 nitrogen and oxygen atoms in total. The molecule has 1 saturated heterocycles. The Bertz CT molecular complexity index is 586. The number of nitrogens with one attached hydrogen (secondary N) is 2. The van der Waals surface area contributed by atoms with E-state index in [4.69, 9.17) is 14.5 Å². The highest BCUT2D eigenvalue weighted by Crippen LogP contribution is 2.24. The quantitative estimate of drug-likeness (QED) is 0.549. The fourth-order valence-corrected chi connectivity index (χ4v) is 2.80. The normalized spacial score (nSPS) is 19.4. The minimum Gasteiger partial charge on any atom is -0.379 e. The van der Waals surface area contributed by atoms with Gasteiger partial charge in [-0.3, -0.25) is 4.99 Å². The average Bonchev–Trinajstić information content (AvgIpc) is 3.12. The molecular weight excluding hydrogens is 333 g/mol. The van der Waals surface area contributed by atoms with Crippen LogP contribution in [-0.2, 0) is 14.9 Å². The summed E-state index contributed by atoms with van der Waals surface area (Å²) in [6, 6.07) is 6.86. The molecule has 2 N–H and O–H groups in total. The second kappa shape index (κ2) is 9.88. The SMILES string of the molecule is CCNC(=NCC(C)(C)c1cccc(F)c1)NC(C)COC1CCOC1. The van der Waals surface area contributed by atoms with Crippen molar-refractivity contribution >= 4 is 5.96 Å². The average molecular weight is 365 g/mol. The van der Waals surface area contributed by atoms with Gasteiger partial charge in [0.1, 0.15) is 5.82 Å². The van der Waals surface area contributed by atoms with Gasteiger partial charge in [0.2, 0.25) is 0 Å². The first-order valence-electron chi connectivity index (χ1n) is 9.41. The van der Waals surface area contributed by atoms with Gasteiger partial charge in [-0.1, -0.05) is 26.0 Å². The van der Waals surface area contributed by atoms with E-state index in [2.05, 4.69) is 31.4 Å². The molecule has 1 fully saturated rings. The van der Waals surface area contributed by atoms with E-state index in [9.17, 15) is 4.39 Å². The van der Waals surface area contributed by atoms with Gasteiger partial charge in [0.15, 0.2) is 5.96 Å². The zero-order chi connectivity index (χ0) is 19.0. The van der Waals surface area contributed by atoms with Crippen LogP contribution < -0.4 is 10.6 Å². The maximum absolute atomic E-state index is 13.5. The van der Waals surface area contributed by atoms with Crippen molar-refractivity contribution in [2.24, 2.45) is 4.99 Å². The Kier molecular flexibility index (Phi) is 7.85. The van der Waals surface area contributed by atoms with Crippen LogP contribution in [0.2, 0.25) is 0 Å². The van der Waals surface area contributed by atoms with E-state index in [0.717, 1.165) is 31.1 Å². The number of aliphatic imine (C=N–C) groups is 1. The van der Waals surface area contributed by atoms with Crippen molar-refractivity contribution < 1.29 is 13.9 Å². The van der Waals surface area contributed by atoms with Crippen LogP contribution in [0.5, 0.6) is 0 Å². The standard InChI is InChI=1S/C20H32FN3O2/c1-5-22-19(24-15(2)12-26-18-9-10-25-13-18)23-14-20(3,4)16-7-6-8-17(21)11-16/h6-8,11,15,18H,5,9-10,12-14H2,1-4H3,(H2,22,23,24). The smallest absolute Gasteiger partial charge is 0.191 e. The summed E-state index contributed by atoms with van der Waals surface area (Å²) in [4.78, 5) is 4.70. The van der Waals surface area contributed by atoms with Gasteiger partial charge in [-0.05, 0) is 38.0 Å². The second-order valence-electron chi connectivity index (χ2n) is 7.45. The Labute approximate surface area is 156 Å². The predicted octanol–water partition coefficient (Wildman–Crippen LogP) is 2.85. The van der Waals surface area contributed by atoms with Gasteiger partial charge in [-0.2, -0.15) is 0 Å². The monoisotopic (exact) mass is 365 g/mol. The lowest BCUT2D eigenvalue weighted by Crippen LogP contribution is -2.45. The Morgan fingerprint density at radius 2 is 2.27 bits per heavy atom. The predicted molar refractivity (Wildman–Crippen MR) is 103 cm³/mol. The summed E-state index contributed by atoms with van der Waals surface area (Å²) in [6.07, 6.45) is 1.16. The molecule has 0 saturated carbocycles. The van der Waals surface area contributed by atoms with E-state index in [-0.39, 0.29) is 23.4 Å². The molecule has 1 heterocycles. The molecule has 2 rings (SSSR count). The molecule has 26 heavy (non-hydrogen) atoms. The molecule has 2 unspecified atom stereocenters. The molecule has 0 spiro atoms. The summed E-state index contributed by atoms with van der Waals surface area (Å²) < 4.78 is 24.7. The number of halogens is 1. The topological polar surface area (TPSA) is 54.9 Å². The number of benzene rings is 1. The van der Waals surface area contributed by atoms with Gasteiger partial charge in [0.05, 0.1) is 25.9 Å². The number of nitrogens with zero attached hydrogens (tertiary/aromatic N) is 1. The first-order valence-corrected chi connectivity index (χ1v) is 9.41. The van der Waals surface area contributed by atoms with Crippen LogP contribution in [0.25, 0.3) is 0 Å². The fraction of sp³-hybridized carbons (Fsp3) is 0.650. The van der Waals surface area contributed by atoms with Gasteiger partial charge in [-0.15, -0.1) is 0 Å². The first kappa shape index (κ1) is 20.6. The van der Waals surface area contributed by atoms with Crippen LogP contribution in [0.3, 0.4) is 0 Å². The molecular formula is C20H32FN3O2. The second-order valence-corrected chi connectivity index (χ2v) is 7.45. The van der Waals surface area contributed by atoms with Crippen molar-refractivity contribution in [3.05, 3.63) is 35.6 Å². The van der Waals surface area contributed by atoms with E-state index in [0.29, 0.717) is 19.8 Å². The molecule has 1 aliphatic heterocycles. The summed E-state index contributed by atoms with van der Waals surface area (Å²) in [5.41, 5.74) is 0.681. The summed E-state index contributed by atoms with van der Waals surface area (Å²) in [6.45, 7) is 11.6. The maximum Gasteiger partial charge on any atom is 0.191 e. The Morgan fingerprint density at radius 1 is 1.46 bits per heavy atom. The lowest BCUT2D eigenvalue weighted by Gasteiger charge is -2.25. The van der Waals surface area contributed by atoms with Crippen LogP contribution in [0, 0.1) is 5.82 Å². The zero-order valence-corrected chi connectivity index (χ0v) is 16.3. The number of rotatable bonds is 8. The van der Waals surface area contributed by atoms with Gasteiger partial charge in [-0.25, -0.2) is 4.39 Å². The third kappa shape index (κ3) is 6.57. The molecule has 0 bridgehead atoms. The van der Waals surface area contributed by atoms with Crippen LogP contribution in [-0.4, -0.2) is 51.0 Å². The van der Waals surface area contributed by atoms with Crippen molar-refractivity contribution in [3.63, 3.8) is 0 Å². The minimum absolute atomic E-state index is 0.130. The Hall–Kier alpha value is -1.66. The number of hydrogen-bond donors (Lipinski definition) is 2. The lowest BCUT2D eigenvalue weighted by atomic mass is 9.85. The van der Waals surface area contributed by atoms with Crippen molar-refractivity contribution in [1.82, 2.24) is 10.6 Å². The Morgan fingerprint density at radius 3 is 2.92 bits per heavy atom. The fourth-order valence-electron chi connectivity index (χ4n) is 2.80. The molecule has 0 aliphatic carbocycles. The largest absolute Gasteiger partial charge is 0.379 e. The van der Waals surface area contributed by atoms with Crippen LogP contribution >= 0.6 is 0 Å². The molecule has 0 amide bonds. The van der Waals surface area contributed by atoms with Crippen molar-refractivity contribution in [3.8, 4) is 0 Å². The minimum atomic E-state index is -0.259. The molecule has 0 aromatic heterocycles. The van der Waals surface area contributed by atoms with Crippen LogP contribution in [0.15, 0.2) is 29.3 Å². The Balaban J connectivity index is 1.91. The number of ether oxygens (including phenoxy) is 2. The summed E-state index contributed by atoms with van der Waals surface area (Å²) >= 11 is 0. The zero-order valence-electron chi connectivity index (χ0n) is 16.3. The summed E-state index contributed by atoms with van der Waals surface area (Å²) in [5.74, 6) is 0.530. The van der Waals surface area contributed by atoms with Crippen molar-refractivity contribution in [2.45, 2.75) is 51.7 Å². The molecule has 1 aliphatic rings. The van der Waals surface area contributed by atoms with E-state index < -0.39 is 0 Å². The summed E-state index contributed by atoms with van der Waals surface area (Å²) in [5, 5.41) is 6.64. The molecule has 1 aromatic carbocycles. The molecule has 2 atom stereocenters. The first-order chi connectivity index (χ1) is 12.4. The van der Waals surface area contributed by atoms with Crippen LogP contribution in [0.1, 0.15) is 39.7 Å². The van der Waals surface area contributed by atoms with Gasteiger partial charge in [0.25, 0.3) is 0 Å². The maximum atomic E-state index is 13.5. The highest BCUT2D eigenvalue weighted by atomic mass is 19.1. The van der Waals surface area contributed by atoms with Crippen molar-refractivity contribution in [2.75, 3.05) is 32.9 Å². The number of hydrogen-bond acceptors (Lipinski definition) is 3.